The summed E-state index contributed by atoms with van der Waals surface area (Å²) in [6, 6.07) is 12.9. The van der Waals surface area contributed by atoms with Gasteiger partial charge in [-0.2, -0.15) is 0 Å². The fourth-order valence-corrected chi connectivity index (χ4v) is 2.23. The van der Waals surface area contributed by atoms with Gasteiger partial charge in [-0.3, -0.25) is 9.69 Å². The third kappa shape index (κ3) is 3.75. The van der Waals surface area contributed by atoms with Crippen LogP contribution in [-0.2, 0) is 13.1 Å². The van der Waals surface area contributed by atoms with Gasteiger partial charge >= 0.3 is 0 Å². The Bertz CT molecular complexity index is 610. The third-order valence-electron chi connectivity index (χ3n) is 3.19. The number of rotatable bonds is 5. The van der Waals surface area contributed by atoms with Gasteiger partial charge < -0.3 is 0 Å². The summed E-state index contributed by atoms with van der Waals surface area (Å²) in [7, 11) is 1.95. The van der Waals surface area contributed by atoms with Crippen molar-refractivity contribution in [3.05, 3.63) is 70.5 Å². The molecule has 0 spiro atoms. The Labute approximate surface area is 118 Å². The molecule has 20 heavy (non-hydrogen) atoms. The molecule has 2 aromatic rings. The van der Waals surface area contributed by atoms with Crippen molar-refractivity contribution in [1.29, 1.82) is 0 Å². The third-order valence-corrected chi connectivity index (χ3v) is 3.19. The molecule has 0 aliphatic heterocycles. The minimum Gasteiger partial charge on any atom is -0.298 e. The van der Waals surface area contributed by atoms with Crippen molar-refractivity contribution in [3.63, 3.8) is 0 Å². The van der Waals surface area contributed by atoms with E-state index in [0.717, 1.165) is 6.54 Å². The molecule has 0 saturated heterocycles. The number of carbonyl (C=O) groups excluding carboxylic acids is 1. The molecular formula is C17H18FNO. The maximum absolute atomic E-state index is 13.8. The second-order valence-corrected chi connectivity index (χ2v) is 5.13. The summed E-state index contributed by atoms with van der Waals surface area (Å²) in [4.78, 5) is 12.6. The molecule has 2 nitrogen and oxygen atoms in total. The van der Waals surface area contributed by atoms with Gasteiger partial charge in [0.25, 0.3) is 0 Å². The van der Waals surface area contributed by atoms with Crippen molar-refractivity contribution in [3.8, 4) is 0 Å². The highest BCUT2D eigenvalue weighted by atomic mass is 19.1. The van der Waals surface area contributed by atoms with E-state index in [0.29, 0.717) is 24.0 Å². The van der Waals surface area contributed by atoms with Crippen LogP contribution in [0.5, 0.6) is 0 Å². The van der Waals surface area contributed by atoms with Crippen molar-refractivity contribution in [2.75, 3.05) is 7.05 Å². The molecule has 0 aliphatic rings. The highest BCUT2D eigenvalue weighted by Crippen LogP contribution is 2.14. The molecular weight excluding hydrogens is 253 g/mol. The Hall–Kier alpha value is -2.00. The number of benzene rings is 2. The molecule has 0 amide bonds. The Balaban J connectivity index is 2.04. The SMILES string of the molecule is Cc1cccc(CN(C)Cc2ccc(C=O)cc2F)c1. The molecule has 0 heterocycles. The number of hydrogen-bond donors (Lipinski definition) is 0. The smallest absolute Gasteiger partial charge is 0.150 e. The number of aryl methyl sites for hydroxylation is 1. The summed E-state index contributed by atoms with van der Waals surface area (Å²) in [6.07, 6.45) is 0.656. The second kappa shape index (κ2) is 6.44. The van der Waals surface area contributed by atoms with Crippen LogP contribution in [0, 0.1) is 12.7 Å². The summed E-state index contributed by atoms with van der Waals surface area (Å²) in [5, 5.41) is 0. The van der Waals surface area contributed by atoms with E-state index in [-0.39, 0.29) is 5.82 Å². The fourth-order valence-electron chi connectivity index (χ4n) is 2.23. The maximum Gasteiger partial charge on any atom is 0.150 e. The first-order valence-electron chi connectivity index (χ1n) is 6.56. The van der Waals surface area contributed by atoms with Gasteiger partial charge in [-0.15, -0.1) is 0 Å². The summed E-state index contributed by atoms with van der Waals surface area (Å²) in [6.45, 7) is 3.33. The first-order valence-corrected chi connectivity index (χ1v) is 6.56. The van der Waals surface area contributed by atoms with Crippen molar-refractivity contribution >= 4 is 6.29 Å². The van der Waals surface area contributed by atoms with Crippen LogP contribution in [0.25, 0.3) is 0 Å². The van der Waals surface area contributed by atoms with E-state index in [2.05, 4.69) is 25.1 Å². The van der Waals surface area contributed by atoms with Crippen LogP contribution < -0.4 is 0 Å². The van der Waals surface area contributed by atoms with Gasteiger partial charge in [0.2, 0.25) is 0 Å². The molecule has 0 fully saturated rings. The lowest BCUT2D eigenvalue weighted by Crippen LogP contribution is -2.18. The summed E-state index contributed by atoms with van der Waals surface area (Å²) < 4.78 is 13.8. The summed E-state index contributed by atoms with van der Waals surface area (Å²) in [5.74, 6) is -0.328. The topological polar surface area (TPSA) is 20.3 Å². The minimum atomic E-state index is -0.328. The average molecular weight is 271 g/mol. The molecule has 0 aliphatic carbocycles. The van der Waals surface area contributed by atoms with Gasteiger partial charge in [0.05, 0.1) is 0 Å². The molecule has 0 atom stereocenters. The molecule has 0 saturated carbocycles. The van der Waals surface area contributed by atoms with E-state index < -0.39 is 0 Å². The molecule has 3 heteroatoms. The van der Waals surface area contributed by atoms with Crippen LogP contribution in [0.1, 0.15) is 27.0 Å². The predicted molar refractivity (Wildman–Crippen MR) is 78.1 cm³/mol. The minimum absolute atomic E-state index is 0.328. The zero-order chi connectivity index (χ0) is 14.5. The molecule has 104 valence electrons. The van der Waals surface area contributed by atoms with Gasteiger partial charge in [0, 0.05) is 24.2 Å². The lowest BCUT2D eigenvalue weighted by Gasteiger charge is -2.17. The molecule has 0 aromatic heterocycles. The highest BCUT2D eigenvalue weighted by molar-refractivity contribution is 5.74. The van der Waals surface area contributed by atoms with Crippen LogP contribution in [0.4, 0.5) is 4.39 Å². The number of carbonyl (C=O) groups is 1. The quantitative estimate of drug-likeness (QED) is 0.775. The average Bonchev–Trinajstić information content (AvgIpc) is 2.41. The first-order chi connectivity index (χ1) is 9.58. The molecule has 0 N–H and O–H groups in total. The van der Waals surface area contributed by atoms with Gasteiger partial charge in [-0.05, 0) is 25.6 Å². The van der Waals surface area contributed by atoms with E-state index in [9.17, 15) is 9.18 Å². The zero-order valence-corrected chi connectivity index (χ0v) is 11.8. The number of nitrogens with zero attached hydrogens (tertiary/aromatic N) is 1. The van der Waals surface area contributed by atoms with E-state index in [1.54, 1.807) is 12.1 Å². The second-order valence-electron chi connectivity index (χ2n) is 5.13. The van der Waals surface area contributed by atoms with Crippen LogP contribution in [0.15, 0.2) is 42.5 Å². The molecule has 2 aromatic carbocycles. The zero-order valence-electron chi connectivity index (χ0n) is 11.8. The van der Waals surface area contributed by atoms with Gasteiger partial charge in [-0.1, -0.05) is 42.0 Å². The van der Waals surface area contributed by atoms with Crippen molar-refractivity contribution in [2.45, 2.75) is 20.0 Å². The highest BCUT2D eigenvalue weighted by Gasteiger charge is 2.07. The van der Waals surface area contributed by atoms with Crippen molar-refractivity contribution in [2.24, 2.45) is 0 Å². The van der Waals surface area contributed by atoms with Crippen molar-refractivity contribution in [1.82, 2.24) is 4.90 Å². The summed E-state index contributed by atoms with van der Waals surface area (Å²) >= 11 is 0. The first kappa shape index (κ1) is 14.4. The lowest BCUT2D eigenvalue weighted by molar-refractivity contribution is 0.112. The Morgan fingerprint density at radius 2 is 1.95 bits per heavy atom. The van der Waals surface area contributed by atoms with E-state index in [1.165, 1.54) is 17.2 Å². The number of hydrogen-bond acceptors (Lipinski definition) is 2. The van der Waals surface area contributed by atoms with Crippen LogP contribution in [0.2, 0.25) is 0 Å². The monoisotopic (exact) mass is 271 g/mol. The molecule has 0 bridgehead atoms. The van der Waals surface area contributed by atoms with Crippen molar-refractivity contribution < 1.29 is 9.18 Å². The normalized spacial score (nSPS) is 10.8. The van der Waals surface area contributed by atoms with Gasteiger partial charge in [0.15, 0.2) is 0 Å². The van der Waals surface area contributed by atoms with E-state index in [1.807, 2.05) is 18.0 Å². The molecule has 2 rings (SSSR count). The fraction of sp³-hybridized carbons (Fsp3) is 0.235. The molecule has 0 unspecified atom stereocenters. The van der Waals surface area contributed by atoms with Crippen LogP contribution in [0.3, 0.4) is 0 Å². The Morgan fingerprint density at radius 1 is 1.15 bits per heavy atom. The van der Waals surface area contributed by atoms with Crippen LogP contribution >= 0.6 is 0 Å². The largest absolute Gasteiger partial charge is 0.298 e. The van der Waals surface area contributed by atoms with Gasteiger partial charge in [0.1, 0.15) is 12.1 Å². The van der Waals surface area contributed by atoms with Crippen LogP contribution in [-0.4, -0.2) is 18.2 Å². The van der Waals surface area contributed by atoms with E-state index in [4.69, 9.17) is 0 Å². The lowest BCUT2D eigenvalue weighted by atomic mass is 10.1. The van der Waals surface area contributed by atoms with E-state index >= 15 is 0 Å². The number of aldehydes is 1. The summed E-state index contributed by atoms with van der Waals surface area (Å²) in [5.41, 5.74) is 3.40. The maximum atomic E-state index is 13.8. The molecule has 0 radical (unpaired) electrons. The standard InChI is InChI=1S/C17H18FNO/c1-13-4-3-5-14(8-13)10-19(2)11-16-7-6-15(12-20)9-17(16)18/h3-9,12H,10-11H2,1-2H3. The predicted octanol–water partition coefficient (Wildman–Crippen LogP) is 3.58. The Kier molecular flexibility index (Phi) is 4.64. The Morgan fingerprint density at radius 3 is 2.60 bits per heavy atom. The number of halogens is 1. The van der Waals surface area contributed by atoms with Gasteiger partial charge in [-0.25, -0.2) is 4.39 Å².